The Morgan fingerprint density at radius 2 is 2.00 bits per heavy atom. The maximum Gasteiger partial charge on any atom is 0.325 e. The number of primary amides is 1. The number of urea groups is 1. The molecule has 0 saturated heterocycles. The molecule has 0 saturated carbocycles. The number of hydrogen-bond donors (Lipinski definition) is 4. The van der Waals surface area contributed by atoms with E-state index >= 15 is 0 Å². The number of hydrogen-bond acceptors (Lipinski definition) is 5. The van der Waals surface area contributed by atoms with Gasteiger partial charge in [0.25, 0.3) is 0 Å². The number of aromatic nitrogens is 2. The zero-order chi connectivity index (χ0) is 18.8. The summed E-state index contributed by atoms with van der Waals surface area (Å²) in [4.78, 5) is 23.6. The van der Waals surface area contributed by atoms with Crippen LogP contribution in [0.15, 0.2) is 33.9 Å². The smallest absolute Gasteiger partial charge is 0.325 e. The molecule has 0 unspecified atom stereocenters. The highest BCUT2D eigenvalue weighted by Gasteiger charge is 2.08. The molecule has 2 heterocycles. The van der Waals surface area contributed by atoms with Gasteiger partial charge in [-0.25, -0.2) is 9.78 Å². The van der Waals surface area contributed by atoms with Crippen molar-refractivity contribution in [2.75, 3.05) is 6.54 Å². The number of guanidine groups is 1. The van der Waals surface area contributed by atoms with Crippen LogP contribution in [-0.4, -0.2) is 28.5 Å². The Morgan fingerprint density at radius 1 is 1.15 bits per heavy atom. The number of pyridine rings is 1. The molecule has 0 radical (unpaired) electrons. The third-order valence-electron chi connectivity index (χ3n) is 3.56. The highest BCUT2D eigenvalue weighted by Crippen LogP contribution is 2.20. The molecule has 140 valence electrons. The summed E-state index contributed by atoms with van der Waals surface area (Å²) >= 11 is 0. The van der Waals surface area contributed by atoms with E-state index in [1.165, 1.54) is 19.1 Å². The lowest BCUT2D eigenvalue weighted by Crippen LogP contribution is -2.31. The molecule has 2 aromatic rings. The van der Waals surface area contributed by atoms with Crippen LogP contribution in [0.2, 0.25) is 0 Å². The van der Waals surface area contributed by atoms with Crippen LogP contribution in [0.3, 0.4) is 0 Å². The molecule has 6 N–H and O–H groups in total. The largest absolute Gasteiger partial charge is 0.430 e. The Hall–Kier alpha value is -3.10. The first kappa shape index (κ1) is 19.2. The van der Waals surface area contributed by atoms with Crippen LogP contribution in [0.5, 0.6) is 0 Å². The Bertz CT molecular complexity index is 742. The number of unbranched alkanes of at least 4 members (excludes halogenated alkanes) is 3. The lowest BCUT2D eigenvalue weighted by atomic mass is 10.2. The fourth-order valence-corrected chi connectivity index (χ4v) is 2.24. The highest BCUT2D eigenvalue weighted by atomic mass is 16.4. The second kappa shape index (κ2) is 10.0. The molecule has 0 spiro atoms. The van der Waals surface area contributed by atoms with E-state index in [0.29, 0.717) is 17.1 Å². The zero-order valence-electron chi connectivity index (χ0n) is 14.9. The molecule has 9 nitrogen and oxygen atoms in total. The number of rotatable bonds is 9. The van der Waals surface area contributed by atoms with Crippen LogP contribution in [0.25, 0.3) is 11.4 Å². The number of amides is 2. The molecule has 0 bridgehead atoms. The van der Waals surface area contributed by atoms with Gasteiger partial charge in [0.15, 0.2) is 5.96 Å². The van der Waals surface area contributed by atoms with Gasteiger partial charge in [-0.05, 0) is 18.6 Å². The van der Waals surface area contributed by atoms with Crippen LogP contribution in [0, 0.1) is 0 Å². The molecular formula is C17H25N7O2. The van der Waals surface area contributed by atoms with Gasteiger partial charge >= 0.3 is 12.0 Å². The number of nitrogens with zero attached hydrogens (tertiary/aromatic N) is 3. The number of nitrogens with one attached hydrogen (secondary N) is 2. The van der Waals surface area contributed by atoms with Gasteiger partial charge in [-0.15, -0.1) is 0 Å². The van der Waals surface area contributed by atoms with Gasteiger partial charge in [0.2, 0.25) is 0 Å². The number of nitrogens with two attached hydrogens (primary N) is 2. The van der Waals surface area contributed by atoms with Gasteiger partial charge in [0.05, 0.1) is 17.9 Å². The topological polar surface area (TPSA) is 144 Å². The van der Waals surface area contributed by atoms with Crippen molar-refractivity contribution in [3.05, 3.63) is 30.2 Å². The van der Waals surface area contributed by atoms with E-state index < -0.39 is 6.03 Å². The normalized spacial score (nSPS) is 11.3. The lowest BCUT2D eigenvalue weighted by molar-refractivity contribution is 0.248. The summed E-state index contributed by atoms with van der Waals surface area (Å²) in [5.74, 6) is 0.266. The summed E-state index contributed by atoms with van der Waals surface area (Å²) in [6.45, 7) is 3.17. The van der Waals surface area contributed by atoms with E-state index in [4.69, 9.17) is 15.9 Å². The fourth-order valence-electron chi connectivity index (χ4n) is 2.24. The van der Waals surface area contributed by atoms with Crippen LogP contribution in [-0.2, 0) is 6.54 Å². The fraction of sp³-hybridized carbons (Fsp3) is 0.412. The minimum absolute atomic E-state index is 0.154. The molecule has 2 aromatic heterocycles. The molecule has 0 aromatic carbocycles. The van der Waals surface area contributed by atoms with Gasteiger partial charge < -0.3 is 26.5 Å². The van der Waals surface area contributed by atoms with Crippen molar-refractivity contribution >= 4 is 18.0 Å². The van der Waals surface area contributed by atoms with Gasteiger partial charge in [-0.2, -0.15) is 9.98 Å². The first-order chi connectivity index (χ1) is 12.6. The predicted molar refractivity (Wildman–Crippen MR) is 99.6 cm³/mol. The molecule has 2 rings (SSSR count). The molecule has 0 aliphatic rings. The van der Waals surface area contributed by atoms with Crippen molar-refractivity contribution in [2.24, 2.45) is 16.5 Å². The standard InChI is InChI=1S/C17H25N7O2/c1-2-3-4-5-9-20-15(18)24-17-23-14(11-26-17)13-8-6-7-12(22-13)10-21-16(19)25/h6-8,11H,2-5,9-10H2,1H3,(H3,19,21,25)(H3,18,20,23,24). The van der Waals surface area contributed by atoms with Crippen LogP contribution in [0.1, 0.15) is 38.3 Å². The SMILES string of the molecule is CCCCCCNC(N)=Nc1nc(-c2cccc(CNC(N)=O)n2)co1. The summed E-state index contributed by atoms with van der Waals surface area (Å²) in [7, 11) is 0. The Kier molecular flexibility index (Phi) is 7.41. The molecule has 2 amide bonds. The van der Waals surface area contributed by atoms with E-state index in [0.717, 1.165) is 19.4 Å². The van der Waals surface area contributed by atoms with Gasteiger partial charge in [0, 0.05) is 6.54 Å². The average Bonchev–Trinajstić information content (AvgIpc) is 3.08. The van der Waals surface area contributed by atoms with Crippen molar-refractivity contribution < 1.29 is 9.21 Å². The van der Waals surface area contributed by atoms with Crippen LogP contribution in [0.4, 0.5) is 10.8 Å². The third-order valence-corrected chi connectivity index (χ3v) is 3.56. The zero-order valence-corrected chi connectivity index (χ0v) is 14.9. The Labute approximate surface area is 152 Å². The molecule has 26 heavy (non-hydrogen) atoms. The first-order valence-electron chi connectivity index (χ1n) is 8.61. The number of oxazole rings is 1. The monoisotopic (exact) mass is 359 g/mol. The molecule has 9 heteroatoms. The van der Waals surface area contributed by atoms with Crippen molar-refractivity contribution in [3.63, 3.8) is 0 Å². The van der Waals surface area contributed by atoms with E-state index in [2.05, 4.69) is 32.5 Å². The molecule has 0 atom stereocenters. The Balaban J connectivity index is 1.95. The van der Waals surface area contributed by atoms with Crippen molar-refractivity contribution in [2.45, 2.75) is 39.2 Å². The quantitative estimate of drug-likeness (QED) is 0.306. The summed E-state index contributed by atoms with van der Waals surface area (Å²) < 4.78 is 5.32. The summed E-state index contributed by atoms with van der Waals surface area (Å²) in [6.07, 6.45) is 6.06. The summed E-state index contributed by atoms with van der Waals surface area (Å²) in [5, 5.41) is 5.53. The minimum atomic E-state index is -0.604. The van der Waals surface area contributed by atoms with E-state index in [1.807, 2.05) is 6.07 Å². The predicted octanol–water partition coefficient (Wildman–Crippen LogP) is 2.02. The van der Waals surface area contributed by atoms with Crippen molar-refractivity contribution in [1.82, 2.24) is 20.6 Å². The van der Waals surface area contributed by atoms with E-state index in [1.54, 1.807) is 12.1 Å². The maximum absolute atomic E-state index is 10.8. The molecule has 0 fully saturated rings. The Morgan fingerprint density at radius 3 is 2.77 bits per heavy atom. The van der Waals surface area contributed by atoms with Gasteiger partial charge in [0.1, 0.15) is 12.0 Å². The average molecular weight is 359 g/mol. The molecule has 0 aliphatic heterocycles. The van der Waals surface area contributed by atoms with E-state index in [9.17, 15) is 4.79 Å². The van der Waals surface area contributed by atoms with Gasteiger partial charge in [-0.3, -0.25) is 0 Å². The summed E-state index contributed by atoms with van der Waals surface area (Å²) in [6, 6.07) is 4.92. The number of carbonyl (C=O) groups excluding carboxylic acids is 1. The molecule has 0 aliphatic carbocycles. The van der Waals surface area contributed by atoms with Crippen molar-refractivity contribution in [1.29, 1.82) is 0 Å². The maximum atomic E-state index is 10.8. The second-order valence-corrected chi connectivity index (χ2v) is 5.73. The number of carbonyl (C=O) groups is 1. The van der Waals surface area contributed by atoms with Crippen LogP contribution >= 0.6 is 0 Å². The minimum Gasteiger partial charge on any atom is -0.430 e. The summed E-state index contributed by atoms with van der Waals surface area (Å²) in [5.41, 5.74) is 12.7. The van der Waals surface area contributed by atoms with Crippen LogP contribution < -0.4 is 22.1 Å². The number of aliphatic imine (C=N–C) groups is 1. The first-order valence-corrected chi connectivity index (χ1v) is 8.61. The highest BCUT2D eigenvalue weighted by molar-refractivity contribution is 5.79. The second-order valence-electron chi connectivity index (χ2n) is 5.73. The van der Waals surface area contributed by atoms with E-state index in [-0.39, 0.29) is 18.5 Å². The molecular weight excluding hydrogens is 334 g/mol. The van der Waals surface area contributed by atoms with Gasteiger partial charge in [-0.1, -0.05) is 32.3 Å². The third kappa shape index (κ3) is 6.42. The lowest BCUT2D eigenvalue weighted by Gasteiger charge is -2.03. The van der Waals surface area contributed by atoms with Crippen molar-refractivity contribution in [3.8, 4) is 11.4 Å².